The van der Waals surface area contributed by atoms with Crippen molar-refractivity contribution >= 4 is 52.1 Å². The van der Waals surface area contributed by atoms with Crippen molar-refractivity contribution < 1.29 is 19.1 Å². The molecule has 1 fully saturated rings. The Hall–Kier alpha value is -4.02. The minimum absolute atomic E-state index is 0.0273. The lowest BCUT2D eigenvalue weighted by Gasteiger charge is -2.14. The van der Waals surface area contributed by atoms with Crippen LogP contribution in [0.3, 0.4) is 0 Å². The number of carbonyl (C=O) groups is 3. The molecule has 36 heavy (non-hydrogen) atoms. The Morgan fingerprint density at radius 3 is 2.53 bits per heavy atom. The van der Waals surface area contributed by atoms with Crippen molar-refractivity contribution in [2.75, 3.05) is 6.54 Å². The van der Waals surface area contributed by atoms with Crippen LogP contribution in [-0.2, 0) is 16.2 Å². The molecule has 0 bridgehead atoms. The first-order chi connectivity index (χ1) is 17.5. The number of pyridine rings is 1. The summed E-state index contributed by atoms with van der Waals surface area (Å²) in [7, 11) is 0. The molecule has 182 valence electrons. The van der Waals surface area contributed by atoms with Crippen LogP contribution in [0.2, 0.25) is 0 Å². The van der Waals surface area contributed by atoms with Crippen LogP contribution < -0.4 is 15.6 Å². The van der Waals surface area contributed by atoms with Crippen LogP contribution >= 0.6 is 24.0 Å². The van der Waals surface area contributed by atoms with Crippen LogP contribution in [-0.4, -0.2) is 38.5 Å². The van der Waals surface area contributed by atoms with E-state index >= 15 is 0 Å². The van der Waals surface area contributed by atoms with Crippen LogP contribution in [0.1, 0.15) is 27.9 Å². The van der Waals surface area contributed by atoms with Crippen molar-refractivity contribution in [3.63, 3.8) is 0 Å². The van der Waals surface area contributed by atoms with Gasteiger partial charge in [0.1, 0.15) is 16.7 Å². The van der Waals surface area contributed by atoms with E-state index in [9.17, 15) is 14.4 Å². The molecule has 2 N–H and O–H groups in total. The number of aromatic nitrogens is 1. The van der Waals surface area contributed by atoms with Crippen LogP contribution in [0.5, 0.6) is 5.75 Å². The number of nitrogens with one attached hydrogen (secondary N) is 2. The van der Waals surface area contributed by atoms with Gasteiger partial charge in [0.25, 0.3) is 11.8 Å². The normalized spacial score (nSPS) is 14.1. The summed E-state index contributed by atoms with van der Waals surface area (Å²) in [6.45, 7) is 0.572. The number of hydrogen-bond acceptors (Lipinski definition) is 7. The predicted molar refractivity (Wildman–Crippen MR) is 142 cm³/mol. The molecule has 2 aromatic carbocycles. The highest BCUT2D eigenvalue weighted by Gasteiger charge is 2.32. The van der Waals surface area contributed by atoms with Gasteiger partial charge in [0.15, 0.2) is 0 Å². The van der Waals surface area contributed by atoms with Crippen molar-refractivity contribution in [2.45, 2.75) is 13.0 Å². The Kier molecular flexibility index (Phi) is 8.43. The topological polar surface area (TPSA) is 101 Å². The molecule has 2 heterocycles. The number of amides is 3. The Morgan fingerprint density at radius 2 is 1.81 bits per heavy atom. The molecule has 8 nitrogen and oxygen atoms in total. The molecule has 1 aliphatic rings. The molecule has 4 rings (SSSR count). The van der Waals surface area contributed by atoms with E-state index in [1.807, 2.05) is 54.6 Å². The number of hydrogen-bond donors (Lipinski definition) is 2. The number of carbonyl (C=O) groups excluding carboxylic acids is 3. The summed E-state index contributed by atoms with van der Waals surface area (Å²) in [6.07, 6.45) is 4.66. The van der Waals surface area contributed by atoms with Gasteiger partial charge in [0.2, 0.25) is 5.91 Å². The van der Waals surface area contributed by atoms with Crippen molar-refractivity contribution in [1.29, 1.82) is 0 Å². The third kappa shape index (κ3) is 6.77. The number of thioether (sulfide) groups is 1. The molecule has 3 aromatic rings. The van der Waals surface area contributed by atoms with Crippen LogP contribution in [0.15, 0.2) is 84.0 Å². The first-order valence-corrected chi connectivity index (χ1v) is 12.2. The fourth-order valence-corrected chi connectivity index (χ4v) is 4.53. The molecular formula is C26H22N4O4S2. The van der Waals surface area contributed by atoms with E-state index < -0.39 is 11.8 Å². The van der Waals surface area contributed by atoms with Gasteiger partial charge in [-0.2, -0.15) is 0 Å². The lowest BCUT2D eigenvalue weighted by Crippen LogP contribution is -2.43. The van der Waals surface area contributed by atoms with Crippen molar-refractivity contribution in [3.8, 4) is 5.75 Å². The first kappa shape index (κ1) is 25.1. The summed E-state index contributed by atoms with van der Waals surface area (Å²) in [5, 5.41) is 0. The minimum Gasteiger partial charge on any atom is -0.489 e. The van der Waals surface area contributed by atoms with Gasteiger partial charge in [0, 0.05) is 25.4 Å². The molecule has 1 aliphatic heterocycles. The Labute approximate surface area is 217 Å². The van der Waals surface area contributed by atoms with Gasteiger partial charge in [-0.3, -0.25) is 35.1 Å². The van der Waals surface area contributed by atoms with Gasteiger partial charge in [-0.05, 0) is 41.5 Å². The summed E-state index contributed by atoms with van der Waals surface area (Å²) < 4.78 is 6.17. The second-order valence-corrected chi connectivity index (χ2v) is 9.35. The van der Waals surface area contributed by atoms with Gasteiger partial charge < -0.3 is 4.74 Å². The summed E-state index contributed by atoms with van der Waals surface area (Å²) in [4.78, 5) is 42.7. The summed E-state index contributed by atoms with van der Waals surface area (Å²) in [6, 6.07) is 20.5. The number of hydrazine groups is 1. The Bertz CT molecular complexity index is 1280. The first-order valence-electron chi connectivity index (χ1n) is 11.0. The maximum Gasteiger partial charge on any atom is 0.271 e. The molecule has 1 aromatic heterocycles. The average Bonchev–Trinajstić information content (AvgIpc) is 3.18. The van der Waals surface area contributed by atoms with Gasteiger partial charge >= 0.3 is 0 Å². The lowest BCUT2D eigenvalue weighted by atomic mass is 10.2. The molecular weight excluding hydrogens is 496 g/mol. The van der Waals surface area contributed by atoms with Gasteiger partial charge in [-0.25, -0.2) is 0 Å². The largest absolute Gasteiger partial charge is 0.489 e. The van der Waals surface area contributed by atoms with E-state index in [1.165, 1.54) is 22.9 Å². The minimum atomic E-state index is -0.485. The maximum atomic E-state index is 12.8. The fraction of sp³-hybridized carbons (Fsp3) is 0.115. The summed E-state index contributed by atoms with van der Waals surface area (Å²) in [5.41, 5.74) is 6.88. The second kappa shape index (κ2) is 12.1. The lowest BCUT2D eigenvalue weighted by molar-refractivity contribution is -0.124. The molecule has 0 unspecified atom stereocenters. The van der Waals surface area contributed by atoms with E-state index in [-0.39, 0.29) is 18.9 Å². The Morgan fingerprint density at radius 1 is 1.03 bits per heavy atom. The zero-order valence-corrected chi connectivity index (χ0v) is 20.7. The average molecular weight is 519 g/mol. The molecule has 0 spiro atoms. The maximum absolute atomic E-state index is 12.8. The highest BCUT2D eigenvalue weighted by atomic mass is 32.2. The SMILES string of the molecule is O=C(CCN1C(=O)/C(=C/c2ccc(OCc3ccccc3)cc2)SC1=S)NNC(=O)c1cccnc1. The number of benzene rings is 2. The second-order valence-electron chi connectivity index (χ2n) is 7.67. The van der Waals surface area contributed by atoms with Gasteiger partial charge in [-0.15, -0.1) is 0 Å². The van der Waals surface area contributed by atoms with Crippen LogP contribution in [0.25, 0.3) is 6.08 Å². The van der Waals surface area contributed by atoms with E-state index in [0.717, 1.165) is 16.9 Å². The smallest absolute Gasteiger partial charge is 0.271 e. The van der Waals surface area contributed by atoms with Gasteiger partial charge in [-0.1, -0.05) is 66.4 Å². The summed E-state index contributed by atoms with van der Waals surface area (Å²) in [5.74, 6) is -0.468. The van der Waals surface area contributed by atoms with E-state index in [1.54, 1.807) is 24.4 Å². The highest BCUT2D eigenvalue weighted by Crippen LogP contribution is 2.32. The van der Waals surface area contributed by atoms with Crippen molar-refractivity contribution in [3.05, 3.63) is 101 Å². The Balaban J connectivity index is 1.26. The molecule has 1 saturated heterocycles. The third-order valence-electron chi connectivity index (χ3n) is 5.10. The molecule has 0 atom stereocenters. The predicted octanol–water partition coefficient (Wildman–Crippen LogP) is 3.71. The van der Waals surface area contributed by atoms with E-state index in [2.05, 4.69) is 15.8 Å². The number of ether oxygens (including phenoxy) is 1. The van der Waals surface area contributed by atoms with Crippen LogP contribution in [0, 0.1) is 0 Å². The number of thiocarbonyl (C=S) groups is 1. The highest BCUT2D eigenvalue weighted by molar-refractivity contribution is 8.26. The van der Waals surface area contributed by atoms with Crippen molar-refractivity contribution in [1.82, 2.24) is 20.7 Å². The van der Waals surface area contributed by atoms with Crippen molar-refractivity contribution in [2.24, 2.45) is 0 Å². The third-order valence-corrected chi connectivity index (χ3v) is 6.48. The standard InChI is InChI=1S/C26H22N4O4S2/c31-23(28-29-24(32)20-7-4-13-27-16-20)12-14-30-25(33)22(36-26(30)35)15-18-8-10-21(11-9-18)34-17-19-5-2-1-3-6-19/h1-11,13,15-16H,12,14,17H2,(H,28,31)(H,29,32)/b22-15-. The molecule has 0 saturated carbocycles. The zero-order chi connectivity index (χ0) is 25.3. The number of rotatable bonds is 8. The van der Waals surface area contributed by atoms with E-state index in [4.69, 9.17) is 17.0 Å². The fourth-order valence-electron chi connectivity index (χ4n) is 3.22. The molecule has 0 radical (unpaired) electrons. The zero-order valence-electron chi connectivity index (χ0n) is 19.0. The summed E-state index contributed by atoms with van der Waals surface area (Å²) >= 11 is 6.52. The van der Waals surface area contributed by atoms with Crippen LogP contribution in [0.4, 0.5) is 0 Å². The van der Waals surface area contributed by atoms with Gasteiger partial charge in [0.05, 0.1) is 10.5 Å². The molecule has 3 amide bonds. The molecule has 0 aliphatic carbocycles. The van der Waals surface area contributed by atoms with E-state index in [0.29, 0.717) is 21.4 Å². The number of nitrogens with zero attached hydrogens (tertiary/aromatic N) is 2. The molecule has 10 heteroatoms. The monoisotopic (exact) mass is 518 g/mol. The quantitative estimate of drug-likeness (QED) is 0.266.